The first kappa shape index (κ1) is 17.0. The number of carbonyl (C=O) groups is 1. The summed E-state index contributed by atoms with van der Waals surface area (Å²) in [5.74, 6) is 0. The molecule has 0 unspecified atom stereocenters. The Morgan fingerprint density at radius 2 is 1.65 bits per heavy atom. The zero-order chi connectivity index (χ0) is 16.7. The minimum absolute atomic E-state index is 0.395. The number of hydrogen-bond acceptors (Lipinski definition) is 3. The smallest absolute Gasteiger partial charge is 0.255 e. The molecule has 0 bridgehead atoms. The van der Waals surface area contributed by atoms with E-state index in [0.29, 0.717) is 11.3 Å². The van der Waals surface area contributed by atoms with Crippen LogP contribution in [0, 0.1) is 0 Å². The van der Waals surface area contributed by atoms with Crippen molar-refractivity contribution in [3.05, 3.63) is 77.2 Å². The van der Waals surface area contributed by atoms with Crippen LogP contribution in [0.5, 0.6) is 0 Å². The Labute approximate surface area is 140 Å². The van der Waals surface area contributed by atoms with E-state index in [9.17, 15) is 13.2 Å². The monoisotopic (exact) mass is 347 g/mol. The molecule has 0 spiro atoms. The Bertz CT molecular complexity index is 843. The zero-order valence-corrected chi connectivity index (χ0v) is 13.6. The quantitative estimate of drug-likeness (QED) is 0.637. The van der Waals surface area contributed by atoms with Crippen molar-refractivity contribution in [1.29, 1.82) is 0 Å². The molecule has 0 saturated carbocycles. The first-order chi connectivity index (χ1) is 10.9. The zero-order valence-electron chi connectivity index (χ0n) is 12.0. The molecule has 0 saturated heterocycles. The second kappa shape index (κ2) is 7.76. The van der Waals surface area contributed by atoms with Crippen molar-refractivity contribution in [3.8, 4) is 0 Å². The third-order valence-corrected chi connectivity index (χ3v) is 3.93. The summed E-state index contributed by atoms with van der Waals surface area (Å²) >= 11 is 5.23. The Kier molecular flexibility index (Phi) is 5.73. The number of sulfonamides is 1. The molecule has 2 rings (SSSR count). The fourth-order valence-corrected chi connectivity index (χ4v) is 2.72. The molecule has 2 aromatic carbocycles. The second-order valence-electron chi connectivity index (χ2n) is 4.62. The van der Waals surface area contributed by atoms with Crippen molar-refractivity contribution in [2.45, 2.75) is 0 Å². The van der Waals surface area contributed by atoms with Crippen molar-refractivity contribution in [1.82, 2.24) is 0 Å². The average molecular weight is 348 g/mol. The van der Waals surface area contributed by atoms with Crippen LogP contribution in [-0.2, 0) is 14.8 Å². The molecule has 23 heavy (non-hydrogen) atoms. The standard InChI is InChI=1S/C17H14ClNO3S/c18-17(20)10-9-15-7-4-8-16(13-15)19-23(21,22)12-11-14-5-2-1-3-6-14/h1-13,19H/b10-9+,12-11+. The highest BCUT2D eigenvalue weighted by Gasteiger charge is 2.05. The highest BCUT2D eigenvalue weighted by atomic mass is 35.5. The van der Waals surface area contributed by atoms with Crippen molar-refractivity contribution in [2.24, 2.45) is 0 Å². The molecule has 0 aliphatic rings. The van der Waals surface area contributed by atoms with Crippen LogP contribution in [0.15, 0.2) is 66.1 Å². The van der Waals surface area contributed by atoms with Crippen molar-refractivity contribution >= 4 is 44.7 Å². The lowest BCUT2D eigenvalue weighted by Crippen LogP contribution is -2.08. The molecule has 0 amide bonds. The molecule has 0 atom stereocenters. The number of benzene rings is 2. The summed E-state index contributed by atoms with van der Waals surface area (Å²) in [5, 5.41) is 0.509. The van der Waals surface area contributed by atoms with Gasteiger partial charge in [-0.25, -0.2) is 8.42 Å². The maximum Gasteiger partial charge on any atom is 0.255 e. The average Bonchev–Trinajstić information content (AvgIpc) is 2.52. The number of anilines is 1. The largest absolute Gasteiger partial charge is 0.280 e. The number of allylic oxidation sites excluding steroid dienone is 1. The first-order valence-corrected chi connectivity index (χ1v) is 8.61. The van der Waals surface area contributed by atoms with Crippen LogP contribution in [0.3, 0.4) is 0 Å². The summed E-state index contributed by atoms with van der Waals surface area (Å²) in [7, 11) is -3.63. The first-order valence-electron chi connectivity index (χ1n) is 6.68. The molecule has 0 aliphatic heterocycles. The Morgan fingerprint density at radius 1 is 0.957 bits per heavy atom. The van der Waals surface area contributed by atoms with Gasteiger partial charge in [0.25, 0.3) is 10.0 Å². The van der Waals surface area contributed by atoms with E-state index in [1.54, 1.807) is 36.4 Å². The van der Waals surface area contributed by atoms with E-state index in [-0.39, 0.29) is 0 Å². The SMILES string of the molecule is O=C(Cl)/C=C/c1cccc(NS(=O)(=O)/C=C/c2ccccc2)c1. The van der Waals surface area contributed by atoms with E-state index in [2.05, 4.69) is 4.72 Å². The predicted octanol–water partition coefficient (Wildman–Crippen LogP) is 3.88. The van der Waals surface area contributed by atoms with Crippen molar-refractivity contribution < 1.29 is 13.2 Å². The summed E-state index contributed by atoms with van der Waals surface area (Å²) < 4.78 is 26.6. The molecule has 0 fully saturated rings. The minimum Gasteiger partial charge on any atom is -0.280 e. The van der Waals surface area contributed by atoms with E-state index >= 15 is 0 Å². The van der Waals surface area contributed by atoms with Gasteiger partial charge in [0.05, 0.1) is 5.41 Å². The van der Waals surface area contributed by atoms with Gasteiger partial charge in [-0.15, -0.1) is 0 Å². The van der Waals surface area contributed by atoms with E-state index in [1.807, 2.05) is 18.2 Å². The van der Waals surface area contributed by atoms with Crippen LogP contribution in [0.2, 0.25) is 0 Å². The van der Waals surface area contributed by atoms with Crippen molar-refractivity contribution in [3.63, 3.8) is 0 Å². The minimum atomic E-state index is -3.63. The summed E-state index contributed by atoms with van der Waals surface area (Å²) in [6.45, 7) is 0. The maximum atomic E-state index is 12.1. The van der Waals surface area contributed by atoms with E-state index < -0.39 is 15.3 Å². The van der Waals surface area contributed by atoms with Crippen LogP contribution in [0.25, 0.3) is 12.2 Å². The fraction of sp³-hybridized carbons (Fsp3) is 0. The molecule has 4 nitrogen and oxygen atoms in total. The third kappa shape index (κ3) is 6.10. The summed E-state index contributed by atoms with van der Waals surface area (Å²) in [5.41, 5.74) is 1.84. The van der Waals surface area contributed by atoms with Crippen LogP contribution in [-0.4, -0.2) is 13.7 Å². The Hall–Kier alpha value is -2.37. The van der Waals surface area contributed by atoms with Crippen LogP contribution in [0.4, 0.5) is 5.69 Å². The summed E-state index contributed by atoms with van der Waals surface area (Å²) in [4.78, 5) is 10.7. The highest BCUT2D eigenvalue weighted by molar-refractivity contribution is 7.95. The normalized spacial score (nSPS) is 11.9. The van der Waals surface area contributed by atoms with Gasteiger partial charge >= 0.3 is 0 Å². The number of nitrogens with one attached hydrogen (secondary N) is 1. The molecule has 0 aliphatic carbocycles. The molecule has 0 aromatic heterocycles. The lowest BCUT2D eigenvalue weighted by Gasteiger charge is -2.05. The van der Waals surface area contributed by atoms with Crippen LogP contribution in [0.1, 0.15) is 11.1 Å². The van der Waals surface area contributed by atoms with Gasteiger partial charge in [-0.05, 0) is 47.0 Å². The molecule has 0 heterocycles. The van der Waals surface area contributed by atoms with Gasteiger partial charge in [0, 0.05) is 5.69 Å². The third-order valence-electron chi connectivity index (χ3n) is 2.79. The number of hydrogen-bond donors (Lipinski definition) is 1. The van der Waals surface area contributed by atoms with E-state index in [1.165, 1.54) is 18.2 Å². The molecule has 1 N–H and O–H groups in total. The lowest BCUT2D eigenvalue weighted by molar-refractivity contribution is -0.107. The van der Waals surface area contributed by atoms with Gasteiger partial charge in [0.2, 0.25) is 5.24 Å². The molecular weight excluding hydrogens is 334 g/mol. The van der Waals surface area contributed by atoms with Gasteiger partial charge in [-0.2, -0.15) is 0 Å². The number of halogens is 1. The lowest BCUT2D eigenvalue weighted by atomic mass is 10.2. The molecular formula is C17H14ClNO3S. The van der Waals surface area contributed by atoms with Gasteiger partial charge in [-0.1, -0.05) is 48.5 Å². The second-order valence-corrected chi connectivity index (χ2v) is 6.56. The van der Waals surface area contributed by atoms with Gasteiger partial charge in [0.15, 0.2) is 0 Å². The predicted molar refractivity (Wildman–Crippen MR) is 94.4 cm³/mol. The number of carbonyl (C=O) groups excluding carboxylic acids is 1. The number of rotatable bonds is 6. The van der Waals surface area contributed by atoms with Crippen LogP contribution >= 0.6 is 11.6 Å². The van der Waals surface area contributed by atoms with Crippen molar-refractivity contribution in [2.75, 3.05) is 4.72 Å². The molecule has 2 aromatic rings. The van der Waals surface area contributed by atoms with E-state index in [4.69, 9.17) is 11.6 Å². The molecule has 118 valence electrons. The van der Waals surface area contributed by atoms with Crippen LogP contribution < -0.4 is 4.72 Å². The highest BCUT2D eigenvalue weighted by Crippen LogP contribution is 2.15. The fourth-order valence-electron chi connectivity index (χ4n) is 1.80. The maximum absolute atomic E-state index is 12.1. The van der Waals surface area contributed by atoms with Gasteiger partial charge in [-0.3, -0.25) is 9.52 Å². The Balaban J connectivity index is 2.13. The van der Waals surface area contributed by atoms with Gasteiger partial charge in [0.1, 0.15) is 0 Å². The Morgan fingerprint density at radius 3 is 2.35 bits per heavy atom. The molecule has 0 radical (unpaired) electrons. The summed E-state index contributed by atoms with van der Waals surface area (Å²) in [6.07, 6.45) is 4.22. The summed E-state index contributed by atoms with van der Waals surface area (Å²) in [6, 6.07) is 15.8. The van der Waals surface area contributed by atoms with E-state index in [0.717, 1.165) is 11.0 Å². The topological polar surface area (TPSA) is 63.2 Å². The molecule has 6 heteroatoms. The van der Waals surface area contributed by atoms with Gasteiger partial charge < -0.3 is 0 Å².